The predicted molar refractivity (Wildman–Crippen MR) is 298 cm³/mol. The first kappa shape index (κ1) is 68.9. The quantitative estimate of drug-likeness (QED) is 0.0197. The van der Waals surface area contributed by atoms with E-state index in [9.17, 15) is 28.9 Å². The maximum Gasteiger partial charge on any atom is 0.472 e. The van der Waals surface area contributed by atoms with Crippen molar-refractivity contribution < 1.29 is 52.2 Å². The molecule has 0 aromatic rings. The van der Waals surface area contributed by atoms with Crippen LogP contribution >= 0.6 is 7.82 Å². The van der Waals surface area contributed by atoms with Crippen LogP contribution in [0.5, 0.6) is 0 Å². The van der Waals surface area contributed by atoms with Crippen LogP contribution < -0.4 is 0 Å². The highest BCUT2D eigenvalue weighted by Crippen LogP contribution is 2.43. The highest BCUT2D eigenvalue weighted by Gasteiger charge is 2.28. The number of hydrogen-bond donors (Lipinski definition) is 2. The van der Waals surface area contributed by atoms with Crippen LogP contribution in [0.25, 0.3) is 0 Å². The molecule has 12 heteroatoms. The predicted octanol–water partition coefficient (Wildman–Crippen LogP) is 16.9. The molecule has 0 rings (SSSR count). The van der Waals surface area contributed by atoms with Crippen LogP contribution in [0, 0.1) is 0 Å². The fourth-order valence-corrected chi connectivity index (χ4v) is 8.51. The largest absolute Gasteiger partial charge is 0.472 e. The first-order chi connectivity index (χ1) is 35.2. The molecule has 72 heavy (non-hydrogen) atoms. The van der Waals surface area contributed by atoms with E-state index in [-0.39, 0.29) is 25.9 Å². The highest BCUT2D eigenvalue weighted by molar-refractivity contribution is 7.47. The van der Waals surface area contributed by atoms with Crippen LogP contribution in [0.15, 0.2) is 72.9 Å². The van der Waals surface area contributed by atoms with Crippen molar-refractivity contribution in [2.75, 3.05) is 26.4 Å². The lowest BCUT2D eigenvalue weighted by Crippen LogP contribution is -2.30. The molecule has 0 aromatic heterocycles. The Morgan fingerprint density at radius 2 is 0.722 bits per heavy atom. The summed E-state index contributed by atoms with van der Waals surface area (Å²) in [5.74, 6) is -1.50. The lowest BCUT2D eigenvalue weighted by Gasteiger charge is -2.21. The average molecular weight is 1030 g/mol. The minimum atomic E-state index is -4.75. The number of esters is 3. The van der Waals surface area contributed by atoms with Gasteiger partial charge in [0.15, 0.2) is 6.10 Å². The molecule has 2 N–H and O–H groups in total. The third-order valence-electron chi connectivity index (χ3n) is 12.1. The van der Waals surface area contributed by atoms with Crippen LogP contribution in [0.1, 0.15) is 252 Å². The van der Waals surface area contributed by atoms with Crippen molar-refractivity contribution in [3.05, 3.63) is 72.9 Å². The molecule has 0 saturated heterocycles. The van der Waals surface area contributed by atoms with Gasteiger partial charge in [-0.1, -0.05) is 216 Å². The molecule has 0 fully saturated rings. The monoisotopic (exact) mass is 1030 g/mol. The summed E-state index contributed by atoms with van der Waals surface area (Å²) >= 11 is 0. The molecule has 0 aliphatic carbocycles. The smallest absolute Gasteiger partial charge is 0.462 e. The third-order valence-corrected chi connectivity index (χ3v) is 13.1. The summed E-state index contributed by atoms with van der Waals surface area (Å²) in [5, 5.41) is 9.79. The van der Waals surface area contributed by atoms with Crippen LogP contribution in [0.2, 0.25) is 0 Å². The normalized spacial score (nSPS) is 13.9. The van der Waals surface area contributed by atoms with Crippen molar-refractivity contribution in [1.82, 2.24) is 0 Å². The number of rotatable bonds is 53. The van der Waals surface area contributed by atoms with Crippen molar-refractivity contribution in [2.45, 2.75) is 264 Å². The fraction of sp³-hybridized carbons (Fsp3) is 0.750. The number of ether oxygens (including phenoxy) is 3. The molecular formula is C60H105O11P. The van der Waals surface area contributed by atoms with Gasteiger partial charge in [-0.25, -0.2) is 4.57 Å². The highest BCUT2D eigenvalue weighted by atomic mass is 31.2. The average Bonchev–Trinajstić information content (AvgIpc) is 3.37. The van der Waals surface area contributed by atoms with E-state index in [0.717, 1.165) is 122 Å². The number of carbonyl (C=O) groups excluding carboxylic acids is 3. The van der Waals surface area contributed by atoms with Gasteiger partial charge in [-0.05, 0) is 89.9 Å². The summed E-state index contributed by atoms with van der Waals surface area (Å²) in [6.45, 7) is 4.47. The number of unbranched alkanes of at least 4 members (excludes halogenated alkanes) is 24. The van der Waals surface area contributed by atoms with Crippen LogP contribution in [0.3, 0.4) is 0 Å². The molecule has 0 bridgehead atoms. The van der Waals surface area contributed by atoms with E-state index in [2.05, 4.69) is 93.7 Å². The Labute approximate surface area is 439 Å². The minimum Gasteiger partial charge on any atom is -0.462 e. The van der Waals surface area contributed by atoms with Gasteiger partial charge in [0.1, 0.15) is 12.7 Å². The number of phosphoric acid groups is 1. The third kappa shape index (κ3) is 51.8. The van der Waals surface area contributed by atoms with Gasteiger partial charge in [-0.15, -0.1) is 0 Å². The molecule has 416 valence electrons. The van der Waals surface area contributed by atoms with E-state index in [1.165, 1.54) is 70.6 Å². The second kappa shape index (κ2) is 54.2. The molecule has 0 heterocycles. The van der Waals surface area contributed by atoms with E-state index >= 15 is 0 Å². The molecule has 3 atom stereocenters. The van der Waals surface area contributed by atoms with Gasteiger partial charge >= 0.3 is 25.7 Å². The summed E-state index contributed by atoms with van der Waals surface area (Å²) in [6, 6.07) is 0. The zero-order valence-corrected chi connectivity index (χ0v) is 46.8. The van der Waals surface area contributed by atoms with Gasteiger partial charge in [0.2, 0.25) is 0 Å². The SMILES string of the molecule is CC/C=C\C/C=C\C/C=C\CCCCCCCC(=O)OCC(COP(=O)(O)OCC(CO)OC(=O)CCCCCCCCCCCCC)OC(=O)CCCCCCCC/C=C\C/C=C\C/C=C\CCCCC. The summed E-state index contributed by atoms with van der Waals surface area (Å²) in [5.41, 5.74) is 0. The molecule has 0 saturated carbocycles. The van der Waals surface area contributed by atoms with E-state index in [4.69, 9.17) is 23.3 Å². The van der Waals surface area contributed by atoms with Gasteiger partial charge in [0.05, 0.1) is 19.8 Å². The van der Waals surface area contributed by atoms with Crippen LogP contribution in [-0.2, 0) is 42.2 Å². The zero-order chi connectivity index (χ0) is 52.7. The van der Waals surface area contributed by atoms with Gasteiger partial charge in [-0.2, -0.15) is 0 Å². The molecule has 0 aliphatic heterocycles. The molecule has 0 radical (unpaired) electrons. The van der Waals surface area contributed by atoms with Crippen molar-refractivity contribution in [3.63, 3.8) is 0 Å². The van der Waals surface area contributed by atoms with Crippen LogP contribution in [0.4, 0.5) is 0 Å². The number of aliphatic hydroxyl groups excluding tert-OH is 1. The minimum absolute atomic E-state index is 0.148. The summed E-state index contributed by atoms with van der Waals surface area (Å²) in [6.07, 6.45) is 60.0. The Kier molecular flexibility index (Phi) is 51.9. The summed E-state index contributed by atoms with van der Waals surface area (Å²) in [7, 11) is -4.75. The lowest BCUT2D eigenvalue weighted by molar-refractivity contribution is -0.161. The maximum atomic E-state index is 12.9. The Morgan fingerprint density at radius 3 is 1.14 bits per heavy atom. The number of hydrogen-bond acceptors (Lipinski definition) is 10. The fourth-order valence-electron chi connectivity index (χ4n) is 7.73. The van der Waals surface area contributed by atoms with Gasteiger partial charge in [-0.3, -0.25) is 23.4 Å². The van der Waals surface area contributed by atoms with Gasteiger partial charge < -0.3 is 24.2 Å². The Morgan fingerprint density at radius 1 is 0.403 bits per heavy atom. The topological polar surface area (TPSA) is 155 Å². The van der Waals surface area contributed by atoms with E-state index in [0.29, 0.717) is 19.3 Å². The standard InChI is InChI=1S/C60H105O11P/c1-4-7-10-13-16-19-22-24-26-27-28-29-31-33-36-39-42-45-48-51-60(64)71-57(53-67-58(62)49-46-43-40-37-35-32-30-25-23-20-17-14-11-8-5-2)55-69-72(65,66)68-54-56(52-61)70-59(63)50-47-44-41-38-34-21-18-15-12-9-6-3/h8,11,16-17,19-20,24-26,28-30,56-57,61H,4-7,9-10,12-15,18,21-23,27,31-55H2,1-3H3,(H,65,66)/b11-8-,19-16-,20-17-,26-24-,29-28-,30-25-. The van der Waals surface area contributed by atoms with Crippen molar-refractivity contribution in [2.24, 2.45) is 0 Å². The van der Waals surface area contributed by atoms with Crippen LogP contribution in [-0.4, -0.2) is 66.5 Å². The molecular weight excluding hydrogens is 928 g/mol. The summed E-state index contributed by atoms with van der Waals surface area (Å²) < 4.78 is 39.5. The molecule has 0 amide bonds. The van der Waals surface area contributed by atoms with E-state index in [1.807, 2.05) is 0 Å². The second-order valence-corrected chi connectivity index (χ2v) is 20.5. The lowest BCUT2D eigenvalue weighted by atomic mass is 10.1. The molecule has 0 spiro atoms. The zero-order valence-electron chi connectivity index (χ0n) is 45.9. The summed E-state index contributed by atoms with van der Waals surface area (Å²) in [4.78, 5) is 48.5. The number of allylic oxidation sites excluding steroid dienone is 12. The van der Waals surface area contributed by atoms with Gasteiger partial charge in [0, 0.05) is 19.3 Å². The molecule has 3 unspecified atom stereocenters. The van der Waals surface area contributed by atoms with E-state index < -0.39 is 57.8 Å². The Bertz CT molecular complexity index is 1490. The first-order valence-electron chi connectivity index (χ1n) is 28.8. The Hall–Kier alpha value is -3.08. The number of phosphoric ester groups is 1. The first-order valence-corrected chi connectivity index (χ1v) is 30.3. The second-order valence-electron chi connectivity index (χ2n) is 19.1. The van der Waals surface area contributed by atoms with Crippen molar-refractivity contribution in [3.8, 4) is 0 Å². The molecule has 0 aliphatic rings. The number of aliphatic hydroxyl groups is 1. The van der Waals surface area contributed by atoms with E-state index in [1.54, 1.807) is 0 Å². The van der Waals surface area contributed by atoms with Crippen molar-refractivity contribution >= 4 is 25.7 Å². The van der Waals surface area contributed by atoms with Gasteiger partial charge in [0.25, 0.3) is 0 Å². The number of carbonyl (C=O) groups is 3. The maximum absolute atomic E-state index is 12.9. The van der Waals surface area contributed by atoms with Crippen molar-refractivity contribution in [1.29, 1.82) is 0 Å². The molecule has 11 nitrogen and oxygen atoms in total. The Balaban J connectivity index is 4.77. The molecule has 0 aromatic carbocycles.